The van der Waals surface area contributed by atoms with Crippen LogP contribution in [0.4, 0.5) is 4.39 Å². The zero-order valence-corrected chi connectivity index (χ0v) is 5.32. The van der Waals surface area contributed by atoms with Crippen molar-refractivity contribution in [3.63, 3.8) is 0 Å². The molecule has 0 aliphatic rings. The normalized spacial score (nSPS) is 9.67. The smallest absolute Gasteiger partial charge is 0.141 e. The van der Waals surface area contributed by atoms with Gasteiger partial charge in [0.2, 0.25) is 0 Å². The van der Waals surface area contributed by atoms with Gasteiger partial charge in [-0.1, -0.05) is 17.7 Å². The Morgan fingerprint density at radius 1 is 1.44 bits per heavy atom. The fourth-order valence-corrected chi connectivity index (χ4v) is 0.701. The van der Waals surface area contributed by atoms with E-state index in [-0.39, 0.29) is 5.02 Å². The van der Waals surface area contributed by atoms with Crippen molar-refractivity contribution >= 4 is 11.6 Å². The summed E-state index contributed by atoms with van der Waals surface area (Å²) in [6.07, 6.45) is 0. The molecule has 0 aliphatic carbocycles. The average Bonchev–Trinajstić information content (AvgIpc) is 1.80. The molecule has 46 valence electrons. The summed E-state index contributed by atoms with van der Waals surface area (Å²) in [6.45, 7) is 5.28. The van der Waals surface area contributed by atoms with E-state index in [0.29, 0.717) is 5.56 Å². The number of hydrogen-bond acceptors (Lipinski definition) is 0. The Morgan fingerprint density at radius 2 is 2.11 bits per heavy atom. The third kappa shape index (κ3) is 1.42. The third-order valence-corrected chi connectivity index (χ3v) is 1.23. The van der Waals surface area contributed by atoms with Gasteiger partial charge in [-0.25, -0.2) is 4.39 Å². The Labute approximate surface area is 58.3 Å². The van der Waals surface area contributed by atoms with Crippen molar-refractivity contribution in [1.29, 1.82) is 0 Å². The van der Waals surface area contributed by atoms with Crippen molar-refractivity contribution in [2.75, 3.05) is 0 Å². The second-order valence-electron chi connectivity index (χ2n) is 1.67. The van der Waals surface area contributed by atoms with Crippen LogP contribution in [0.3, 0.4) is 0 Å². The predicted molar refractivity (Wildman–Crippen MR) is 34.8 cm³/mol. The highest BCUT2D eigenvalue weighted by Crippen LogP contribution is 2.14. The minimum atomic E-state index is -0.439. The molecule has 0 aliphatic heterocycles. The molecule has 2 radical (unpaired) electrons. The summed E-state index contributed by atoms with van der Waals surface area (Å²) in [5, 5.41) is 0.0648. The van der Waals surface area contributed by atoms with Crippen LogP contribution in [-0.2, 0) is 0 Å². The maximum Gasteiger partial charge on any atom is 0.141 e. The molecule has 0 amide bonds. The van der Waals surface area contributed by atoms with Crippen molar-refractivity contribution in [3.05, 3.63) is 41.5 Å². The number of halogens is 2. The quantitative estimate of drug-likeness (QED) is 0.522. The van der Waals surface area contributed by atoms with Crippen LogP contribution in [-0.4, -0.2) is 0 Å². The number of rotatable bonds is 0. The molecule has 0 unspecified atom stereocenters. The Hall–Kier alpha value is -0.560. The van der Waals surface area contributed by atoms with Gasteiger partial charge in [-0.05, 0) is 24.6 Å². The van der Waals surface area contributed by atoms with E-state index in [0.717, 1.165) is 0 Å². The van der Waals surface area contributed by atoms with Crippen LogP contribution >= 0.6 is 11.6 Å². The molecule has 0 spiro atoms. The van der Waals surface area contributed by atoms with Gasteiger partial charge in [0.25, 0.3) is 0 Å². The van der Waals surface area contributed by atoms with E-state index in [9.17, 15) is 4.39 Å². The van der Waals surface area contributed by atoms with Gasteiger partial charge in [-0.3, -0.25) is 0 Å². The van der Waals surface area contributed by atoms with Crippen molar-refractivity contribution < 1.29 is 4.39 Å². The summed E-state index contributed by atoms with van der Waals surface area (Å²) in [5.41, 5.74) is 0.474. The van der Waals surface area contributed by atoms with Crippen molar-refractivity contribution in [3.8, 4) is 0 Å². The van der Waals surface area contributed by atoms with Gasteiger partial charge < -0.3 is 0 Å². The molecule has 0 fully saturated rings. The summed E-state index contributed by atoms with van der Waals surface area (Å²) in [5.74, 6) is -0.439. The standard InChI is InChI=1S/C7H4ClF/c1-5-2-3-7(9)6(8)4-5/h1-4H. The molecule has 0 nitrogen and oxygen atoms in total. The summed E-state index contributed by atoms with van der Waals surface area (Å²) in [7, 11) is 0. The van der Waals surface area contributed by atoms with Crippen LogP contribution in [0, 0.1) is 12.7 Å². The zero-order chi connectivity index (χ0) is 6.85. The van der Waals surface area contributed by atoms with E-state index >= 15 is 0 Å². The molecule has 0 saturated carbocycles. The maximum atomic E-state index is 12.3. The van der Waals surface area contributed by atoms with Gasteiger partial charge in [0.15, 0.2) is 0 Å². The SMILES string of the molecule is [CH]c1ccc(F)c(Cl)c1. The molecule has 0 saturated heterocycles. The molecule has 1 rings (SSSR count). The molecule has 0 aromatic heterocycles. The first kappa shape index (κ1) is 6.56. The highest BCUT2D eigenvalue weighted by Gasteiger charge is 1.95. The monoisotopic (exact) mass is 142 g/mol. The van der Waals surface area contributed by atoms with Gasteiger partial charge in [0.05, 0.1) is 5.02 Å². The van der Waals surface area contributed by atoms with Gasteiger partial charge in [-0.15, -0.1) is 0 Å². The lowest BCUT2D eigenvalue weighted by atomic mass is 10.2. The molecular weight excluding hydrogens is 139 g/mol. The van der Waals surface area contributed by atoms with Gasteiger partial charge >= 0.3 is 0 Å². The topological polar surface area (TPSA) is 0 Å². The first-order valence-electron chi connectivity index (χ1n) is 2.40. The number of hydrogen-bond donors (Lipinski definition) is 0. The van der Waals surface area contributed by atoms with Crippen LogP contribution in [0.1, 0.15) is 5.56 Å². The van der Waals surface area contributed by atoms with Crippen molar-refractivity contribution in [2.45, 2.75) is 0 Å². The largest absolute Gasteiger partial charge is 0.205 e. The summed E-state index contributed by atoms with van der Waals surface area (Å²) in [4.78, 5) is 0. The highest BCUT2D eigenvalue weighted by atomic mass is 35.5. The Bertz CT molecular complexity index is 220. The Morgan fingerprint density at radius 3 is 2.56 bits per heavy atom. The van der Waals surface area contributed by atoms with E-state index in [1.54, 1.807) is 0 Å². The van der Waals surface area contributed by atoms with E-state index in [4.69, 9.17) is 18.5 Å². The lowest BCUT2D eigenvalue weighted by molar-refractivity contribution is 0.628. The van der Waals surface area contributed by atoms with Crippen LogP contribution in [0.5, 0.6) is 0 Å². The van der Waals surface area contributed by atoms with Crippen LogP contribution in [0.25, 0.3) is 0 Å². The molecule has 9 heavy (non-hydrogen) atoms. The average molecular weight is 143 g/mol. The Kier molecular flexibility index (Phi) is 1.72. The van der Waals surface area contributed by atoms with E-state index < -0.39 is 5.82 Å². The molecule has 0 bridgehead atoms. The van der Waals surface area contributed by atoms with Gasteiger partial charge in [-0.2, -0.15) is 0 Å². The van der Waals surface area contributed by atoms with Crippen LogP contribution in [0.2, 0.25) is 5.02 Å². The second kappa shape index (κ2) is 2.36. The summed E-state index contributed by atoms with van der Waals surface area (Å²) < 4.78 is 12.3. The Balaban J connectivity index is 3.17. The summed E-state index contributed by atoms with van der Waals surface area (Å²) in [6, 6.07) is 4.07. The fourth-order valence-electron chi connectivity index (χ4n) is 0.512. The van der Waals surface area contributed by atoms with Crippen LogP contribution in [0.15, 0.2) is 18.2 Å². The summed E-state index contributed by atoms with van der Waals surface area (Å²) >= 11 is 5.36. The molecule has 0 N–H and O–H groups in total. The van der Waals surface area contributed by atoms with E-state index in [1.165, 1.54) is 18.2 Å². The van der Waals surface area contributed by atoms with Crippen LogP contribution < -0.4 is 0 Å². The first-order valence-corrected chi connectivity index (χ1v) is 2.78. The predicted octanol–water partition coefficient (Wildman–Crippen LogP) is 2.54. The van der Waals surface area contributed by atoms with Crippen molar-refractivity contribution in [2.24, 2.45) is 0 Å². The van der Waals surface area contributed by atoms with Gasteiger partial charge in [0, 0.05) is 0 Å². The van der Waals surface area contributed by atoms with Crippen molar-refractivity contribution in [1.82, 2.24) is 0 Å². The lowest BCUT2D eigenvalue weighted by Gasteiger charge is -1.92. The minimum Gasteiger partial charge on any atom is -0.205 e. The van der Waals surface area contributed by atoms with E-state index in [1.807, 2.05) is 0 Å². The highest BCUT2D eigenvalue weighted by molar-refractivity contribution is 6.30. The number of benzene rings is 1. The fraction of sp³-hybridized carbons (Fsp3) is 0. The minimum absolute atomic E-state index is 0.0648. The third-order valence-electron chi connectivity index (χ3n) is 0.944. The zero-order valence-electron chi connectivity index (χ0n) is 4.57. The second-order valence-corrected chi connectivity index (χ2v) is 2.08. The molecule has 1 aromatic rings. The molecule has 0 heterocycles. The molecule has 2 heteroatoms. The maximum absolute atomic E-state index is 12.3. The lowest BCUT2D eigenvalue weighted by Crippen LogP contribution is -1.76. The molecule has 1 aromatic carbocycles. The van der Waals surface area contributed by atoms with Gasteiger partial charge in [0.1, 0.15) is 5.82 Å². The molecule has 0 atom stereocenters. The first-order chi connectivity index (χ1) is 4.20. The molecular formula is C7H4ClF. The van der Waals surface area contributed by atoms with E-state index in [2.05, 4.69) is 0 Å².